The van der Waals surface area contributed by atoms with E-state index in [0.717, 1.165) is 83.5 Å². The molecule has 0 radical (unpaired) electrons. The molecule has 10 nitrogen and oxygen atoms in total. The largest absolute Gasteiger partial charge is 0.472 e. The van der Waals surface area contributed by atoms with Crippen LogP contribution >= 0.6 is 7.82 Å². The maximum absolute atomic E-state index is 12.6. The average molecular weight is 809 g/mol. The number of ether oxygens (including phenoxy) is 2. The second kappa shape index (κ2) is 40.6. The summed E-state index contributed by atoms with van der Waals surface area (Å²) >= 11 is 0. The zero-order valence-electron chi connectivity index (χ0n) is 34.8. The third-order valence-corrected chi connectivity index (χ3v) is 9.53. The van der Waals surface area contributed by atoms with Crippen molar-refractivity contribution in [1.82, 2.24) is 0 Å². The molecular weight excluding hydrogens is 731 g/mol. The van der Waals surface area contributed by atoms with Gasteiger partial charge in [-0.05, 0) is 83.5 Å². The van der Waals surface area contributed by atoms with Gasteiger partial charge in [-0.2, -0.15) is 0 Å². The van der Waals surface area contributed by atoms with Crippen LogP contribution in [0.25, 0.3) is 0 Å². The Bertz CT molecular complexity index is 1160. The minimum Gasteiger partial charge on any atom is -0.462 e. The number of rotatable bonds is 39. The van der Waals surface area contributed by atoms with E-state index in [2.05, 4.69) is 91.3 Å². The summed E-state index contributed by atoms with van der Waals surface area (Å²) in [5, 5.41) is 18.3. The number of hydrogen-bond donors (Lipinski definition) is 3. The molecule has 0 amide bonds. The van der Waals surface area contributed by atoms with Crippen molar-refractivity contribution >= 4 is 19.8 Å². The molecule has 0 heterocycles. The molecule has 0 aliphatic rings. The van der Waals surface area contributed by atoms with Crippen molar-refractivity contribution in [1.29, 1.82) is 0 Å². The SMILES string of the molecule is CCCC/C=C\C/C=C\CCCCCCCC(=O)O[C@H](COC(=O)CCCCC/C=C\C/C=C\C/C=C\C/C=C\CCCCC)COP(=O)(O)OC[C@@H](O)CO. The van der Waals surface area contributed by atoms with Crippen molar-refractivity contribution in [3.05, 3.63) is 72.9 Å². The minimum atomic E-state index is -4.63. The number of carbonyl (C=O) groups excluding carboxylic acids is 2. The number of aliphatic hydroxyl groups is 2. The summed E-state index contributed by atoms with van der Waals surface area (Å²) in [5.74, 6) is -0.984. The van der Waals surface area contributed by atoms with E-state index in [4.69, 9.17) is 19.1 Å². The van der Waals surface area contributed by atoms with E-state index in [0.29, 0.717) is 12.8 Å². The van der Waals surface area contributed by atoms with Gasteiger partial charge in [0.05, 0.1) is 19.8 Å². The molecule has 0 saturated carbocycles. The number of phosphoric ester groups is 1. The highest BCUT2D eigenvalue weighted by molar-refractivity contribution is 7.47. The molecule has 0 rings (SSSR count). The van der Waals surface area contributed by atoms with E-state index in [1.165, 1.54) is 38.5 Å². The molecule has 56 heavy (non-hydrogen) atoms. The van der Waals surface area contributed by atoms with Crippen molar-refractivity contribution in [2.24, 2.45) is 0 Å². The predicted molar refractivity (Wildman–Crippen MR) is 228 cm³/mol. The van der Waals surface area contributed by atoms with Gasteiger partial charge in [0.1, 0.15) is 12.7 Å². The third kappa shape index (κ3) is 39.6. The molecule has 0 aliphatic heterocycles. The fourth-order valence-corrected chi connectivity index (χ4v) is 6.02. The number of allylic oxidation sites excluding steroid dienone is 12. The maximum atomic E-state index is 12.6. The Morgan fingerprint density at radius 3 is 1.46 bits per heavy atom. The molecule has 0 aromatic rings. The Hall–Kier alpha value is -2.59. The Labute approximate surface area is 339 Å². The number of hydrogen-bond acceptors (Lipinski definition) is 9. The topological polar surface area (TPSA) is 149 Å². The van der Waals surface area contributed by atoms with Gasteiger partial charge in [0.25, 0.3) is 0 Å². The molecule has 0 aromatic heterocycles. The second-order valence-electron chi connectivity index (χ2n) is 14.0. The van der Waals surface area contributed by atoms with Crippen LogP contribution in [0.5, 0.6) is 0 Å². The van der Waals surface area contributed by atoms with Crippen molar-refractivity contribution in [3.8, 4) is 0 Å². The van der Waals surface area contributed by atoms with Crippen LogP contribution in [-0.2, 0) is 32.7 Å². The zero-order chi connectivity index (χ0) is 41.2. The highest BCUT2D eigenvalue weighted by atomic mass is 31.2. The smallest absolute Gasteiger partial charge is 0.462 e. The molecule has 11 heteroatoms. The standard InChI is InChI=1S/C45H77O10P/c1-3-5-7-9-11-13-15-17-19-20-21-22-23-25-26-28-30-32-34-36-44(48)52-40-43(41-54-56(50,51)53-39-42(47)38-46)55-45(49)37-35-33-31-29-27-24-18-16-14-12-10-8-6-4-2/h10-13,16-19,21-22,25-26,42-43,46-47H,3-9,14-15,20,23-24,27-41H2,1-2H3,(H,50,51)/b12-10-,13-11-,18-16-,19-17-,22-21-,26-25-/t42-,43+/m0/s1. The first-order valence-electron chi connectivity index (χ1n) is 21.4. The van der Waals surface area contributed by atoms with Gasteiger partial charge in [-0.15, -0.1) is 0 Å². The maximum Gasteiger partial charge on any atom is 0.472 e. The molecule has 0 bridgehead atoms. The average Bonchev–Trinajstić information content (AvgIpc) is 3.19. The quantitative estimate of drug-likeness (QED) is 0.0237. The lowest BCUT2D eigenvalue weighted by Crippen LogP contribution is -2.29. The van der Waals surface area contributed by atoms with Gasteiger partial charge in [0.15, 0.2) is 6.10 Å². The molecule has 3 atom stereocenters. The second-order valence-corrected chi connectivity index (χ2v) is 15.5. The van der Waals surface area contributed by atoms with Crippen molar-refractivity contribution in [2.45, 2.75) is 174 Å². The van der Waals surface area contributed by atoms with Gasteiger partial charge in [-0.25, -0.2) is 4.57 Å². The summed E-state index contributed by atoms with van der Waals surface area (Å²) in [7, 11) is -4.63. The van der Waals surface area contributed by atoms with Crippen LogP contribution in [0.3, 0.4) is 0 Å². The first-order chi connectivity index (χ1) is 27.2. The molecule has 322 valence electrons. The first-order valence-corrected chi connectivity index (χ1v) is 22.9. The number of carbonyl (C=O) groups is 2. The van der Waals surface area contributed by atoms with E-state index in [-0.39, 0.29) is 19.4 Å². The first kappa shape index (κ1) is 53.4. The molecule has 0 aliphatic carbocycles. The lowest BCUT2D eigenvalue weighted by molar-refractivity contribution is -0.161. The minimum absolute atomic E-state index is 0.157. The monoisotopic (exact) mass is 809 g/mol. The lowest BCUT2D eigenvalue weighted by Gasteiger charge is -2.20. The van der Waals surface area contributed by atoms with E-state index in [1.807, 2.05) is 0 Å². The van der Waals surface area contributed by atoms with E-state index in [1.54, 1.807) is 0 Å². The van der Waals surface area contributed by atoms with Gasteiger partial charge in [0.2, 0.25) is 0 Å². The van der Waals surface area contributed by atoms with Crippen LogP contribution in [-0.4, -0.2) is 65.7 Å². The van der Waals surface area contributed by atoms with Crippen molar-refractivity contribution in [3.63, 3.8) is 0 Å². The van der Waals surface area contributed by atoms with Gasteiger partial charge < -0.3 is 24.6 Å². The molecule has 0 saturated heterocycles. The highest BCUT2D eigenvalue weighted by Crippen LogP contribution is 2.43. The van der Waals surface area contributed by atoms with Crippen molar-refractivity contribution in [2.75, 3.05) is 26.4 Å². The van der Waals surface area contributed by atoms with Crippen LogP contribution in [0.1, 0.15) is 162 Å². The van der Waals surface area contributed by atoms with Crippen LogP contribution in [0.15, 0.2) is 72.9 Å². The number of aliphatic hydroxyl groups excluding tert-OH is 2. The van der Waals surface area contributed by atoms with E-state index < -0.39 is 51.8 Å². The van der Waals surface area contributed by atoms with Crippen LogP contribution in [0.4, 0.5) is 0 Å². The third-order valence-electron chi connectivity index (χ3n) is 8.58. The van der Waals surface area contributed by atoms with Gasteiger partial charge >= 0.3 is 19.8 Å². The molecule has 3 N–H and O–H groups in total. The van der Waals surface area contributed by atoms with Crippen LogP contribution < -0.4 is 0 Å². The highest BCUT2D eigenvalue weighted by Gasteiger charge is 2.27. The molecule has 0 fully saturated rings. The normalized spacial score (nSPS) is 14.6. The zero-order valence-corrected chi connectivity index (χ0v) is 35.7. The van der Waals surface area contributed by atoms with Gasteiger partial charge in [-0.1, -0.05) is 138 Å². The number of unbranched alkanes of at least 4 members (excludes halogenated alkanes) is 13. The van der Waals surface area contributed by atoms with Gasteiger partial charge in [-0.3, -0.25) is 18.6 Å². The lowest BCUT2D eigenvalue weighted by atomic mass is 10.1. The fourth-order valence-electron chi connectivity index (χ4n) is 5.23. The number of phosphoric acid groups is 1. The Morgan fingerprint density at radius 1 is 0.536 bits per heavy atom. The van der Waals surface area contributed by atoms with E-state index in [9.17, 15) is 24.2 Å². The molecule has 0 spiro atoms. The van der Waals surface area contributed by atoms with Crippen LogP contribution in [0.2, 0.25) is 0 Å². The number of esters is 2. The van der Waals surface area contributed by atoms with Gasteiger partial charge in [0, 0.05) is 12.8 Å². The van der Waals surface area contributed by atoms with Crippen molar-refractivity contribution < 1.29 is 47.8 Å². The van der Waals surface area contributed by atoms with Crippen LogP contribution in [0, 0.1) is 0 Å². The summed E-state index contributed by atoms with van der Waals surface area (Å²) in [4.78, 5) is 35.0. The summed E-state index contributed by atoms with van der Waals surface area (Å²) in [6.07, 6.45) is 45.8. The Kier molecular flexibility index (Phi) is 38.7. The molecular formula is C45H77O10P. The fraction of sp³-hybridized carbons (Fsp3) is 0.689. The van der Waals surface area contributed by atoms with E-state index >= 15 is 0 Å². The Morgan fingerprint density at radius 2 is 0.946 bits per heavy atom. The summed E-state index contributed by atoms with van der Waals surface area (Å²) in [6, 6.07) is 0. The predicted octanol–water partition coefficient (Wildman–Crippen LogP) is 11.3. The Balaban J connectivity index is 4.40. The summed E-state index contributed by atoms with van der Waals surface area (Å²) in [6.45, 7) is 2.24. The molecule has 0 aromatic carbocycles. The summed E-state index contributed by atoms with van der Waals surface area (Å²) in [5.41, 5.74) is 0. The molecule has 1 unspecified atom stereocenters. The summed E-state index contributed by atoms with van der Waals surface area (Å²) < 4.78 is 32.6.